The minimum absolute atomic E-state index is 0.0339. The zero-order chi connectivity index (χ0) is 16.3. The maximum Gasteiger partial charge on any atom is 0.153 e. The number of benzene rings is 1. The van der Waals surface area contributed by atoms with Crippen LogP contribution in [0.5, 0.6) is 5.75 Å². The lowest BCUT2D eigenvalue weighted by Gasteiger charge is -2.07. The van der Waals surface area contributed by atoms with Crippen molar-refractivity contribution >= 4 is 21.2 Å². The number of thiazole rings is 1. The second-order valence-electron chi connectivity index (χ2n) is 5.06. The van der Waals surface area contributed by atoms with E-state index in [2.05, 4.69) is 9.97 Å². The number of nitrogens with zero attached hydrogens (tertiary/aromatic N) is 3. The summed E-state index contributed by atoms with van der Waals surface area (Å²) in [5.74, 6) is 0.683. The third-order valence-corrected chi connectivity index (χ3v) is 4.87. The highest BCUT2D eigenvalue weighted by Gasteiger charge is 2.09. The van der Waals surface area contributed by atoms with Crippen molar-refractivity contribution in [3.63, 3.8) is 0 Å². The predicted octanol–water partition coefficient (Wildman–Crippen LogP) is 2.45. The zero-order valence-electron chi connectivity index (χ0n) is 12.4. The number of hydrogen-bond acceptors (Lipinski definition) is 6. The van der Waals surface area contributed by atoms with E-state index in [0.717, 1.165) is 11.4 Å². The quantitative estimate of drug-likeness (QED) is 0.683. The van der Waals surface area contributed by atoms with Gasteiger partial charge in [0.25, 0.3) is 0 Å². The minimum Gasteiger partial charge on any atom is -0.487 e. The van der Waals surface area contributed by atoms with Gasteiger partial charge >= 0.3 is 0 Å². The molecule has 2 aromatic heterocycles. The molecule has 0 amide bonds. The second-order valence-corrected chi connectivity index (χ2v) is 8.14. The first-order valence-electron chi connectivity index (χ1n) is 6.82. The summed E-state index contributed by atoms with van der Waals surface area (Å²) in [5, 5.41) is 2.40. The fraction of sp³-hybridized carbons (Fsp3) is 0.200. The van der Waals surface area contributed by atoms with E-state index in [-0.39, 0.29) is 5.75 Å². The minimum atomic E-state index is -3.06. The van der Waals surface area contributed by atoms with E-state index in [1.54, 1.807) is 12.5 Å². The number of imidazole rings is 1. The van der Waals surface area contributed by atoms with Crippen molar-refractivity contribution in [2.24, 2.45) is 0 Å². The molecule has 120 valence electrons. The first kappa shape index (κ1) is 15.7. The van der Waals surface area contributed by atoms with Crippen LogP contribution in [0.25, 0.3) is 5.69 Å². The lowest BCUT2D eigenvalue weighted by Crippen LogP contribution is -2.01. The van der Waals surface area contributed by atoms with Gasteiger partial charge in [-0.25, -0.2) is 18.4 Å². The van der Waals surface area contributed by atoms with Crippen LogP contribution in [0.1, 0.15) is 10.7 Å². The third kappa shape index (κ3) is 4.40. The van der Waals surface area contributed by atoms with E-state index < -0.39 is 9.84 Å². The van der Waals surface area contributed by atoms with E-state index >= 15 is 0 Å². The van der Waals surface area contributed by atoms with Crippen LogP contribution in [-0.4, -0.2) is 29.2 Å². The van der Waals surface area contributed by atoms with Gasteiger partial charge in [-0.1, -0.05) is 6.07 Å². The third-order valence-electron chi connectivity index (χ3n) is 2.99. The molecule has 0 aliphatic carbocycles. The molecule has 3 aromatic rings. The Labute approximate surface area is 138 Å². The van der Waals surface area contributed by atoms with Crippen LogP contribution < -0.4 is 4.74 Å². The molecule has 0 saturated carbocycles. The molecule has 0 spiro atoms. The molecule has 0 saturated heterocycles. The molecule has 8 heteroatoms. The Hall–Kier alpha value is -2.19. The van der Waals surface area contributed by atoms with E-state index in [9.17, 15) is 8.42 Å². The van der Waals surface area contributed by atoms with Gasteiger partial charge in [0.15, 0.2) is 9.84 Å². The van der Waals surface area contributed by atoms with Gasteiger partial charge in [-0.15, -0.1) is 11.3 Å². The number of sulfone groups is 1. The molecule has 0 atom stereocenters. The van der Waals surface area contributed by atoms with Gasteiger partial charge in [0.05, 0.1) is 17.7 Å². The maximum absolute atomic E-state index is 11.3. The van der Waals surface area contributed by atoms with Crippen LogP contribution in [0.3, 0.4) is 0 Å². The molecule has 3 rings (SSSR count). The first-order chi connectivity index (χ1) is 11.0. The summed E-state index contributed by atoms with van der Waals surface area (Å²) in [6.45, 7) is 0.299. The van der Waals surface area contributed by atoms with Crippen molar-refractivity contribution in [3.8, 4) is 11.4 Å². The van der Waals surface area contributed by atoms with Crippen LogP contribution in [-0.2, 0) is 22.2 Å². The van der Waals surface area contributed by atoms with Crippen molar-refractivity contribution in [1.82, 2.24) is 14.5 Å². The molecule has 0 unspecified atom stereocenters. The van der Waals surface area contributed by atoms with Gasteiger partial charge in [-0.3, -0.25) is 0 Å². The standard InChI is InChI=1S/C15H15N3O3S2/c1-23(19,20)10-15-17-12(9-22-15)8-21-14-4-2-3-13(7-14)18-6-5-16-11-18/h2-7,9,11H,8,10H2,1H3. The molecule has 6 nitrogen and oxygen atoms in total. The molecule has 1 aromatic carbocycles. The van der Waals surface area contributed by atoms with Gasteiger partial charge < -0.3 is 9.30 Å². The highest BCUT2D eigenvalue weighted by atomic mass is 32.2. The molecular weight excluding hydrogens is 334 g/mol. The number of hydrogen-bond donors (Lipinski definition) is 0. The van der Waals surface area contributed by atoms with Crippen LogP contribution in [0.15, 0.2) is 48.4 Å². The van der Waals surface area contributed by atoms with Crippen molar-refractivity contribution < 1.29 is 13.2 Å². The van der Waals surface area contributed by atoms with Crippen LogP contribution in [0.2, 0.25) is 0 Å². The Balaban J connectivity index is 1.66. The SMILES string of the molecule is CS(=O)(=O)Cc1nc(COc2cccc(-n3ccnc3)c2)cs1. The lowest BCUT2D eigenvalue weighted by atomic mass is 10.3. The molecule has 0 aliphatic heterocycles. The monoisotopic (exact) mass is 349 g/mol. The number of rotatable bonds is 6. The van der Waals surface area contributed by atoms with Gasteiger partial charge in [-0.05, 0) is 12.1 Å². The van der Waals surface area contributed by atoms with Crippen LogP contribution in [0, 0.1) is 0 Å². The summed E-state index contributed by atoms with van der Waals surface area (Å²) in [6, 6.07) is 7.64. The summed E-state index contributed by atoms with van der Waals surface area (Å²) >= 11 is 1.33. The van der Waals surface area contributed by atoms with Crippen LogP contribution in [0.4, 0.5) is 0 Å². The van der Waals surface area contributed by atoms with Crippen molar-refractivity contribution in [2.75, 3.05) is 6.26 Å². The maximum atomic E-state index is 11.3. The summed E-state index contributed by atoms with van der Waals surface area (Å²) in [5.41, 5.74) is 1.68. The zero-order valence-corrected chi connectivity index (χ0v) is 14.0. The Bertz CT molecular complexity index is 886. The summed E-state index contributed by atoms with van der Waals surface area (Å²) in [7, 11) is -3.06. The first-order valence-corrected chi connectivity index (χ1v) is 9.76. The van der Waals surface area contributed by atoms with Crippen LogP contribution >= 0.6 is 11.3 Å². The summed E-state index contributed by atoms with van der Waals surface area (Å²) in [4.78, 5) is 8.30. The largest absolute Gasteiger partial charge is 0.487 e. The van der Waals surface area contributed by atoms with E-state index in [4.69, 9.17) is 4.74 Å². The number of ether oxygens (including phenoxy) is 1. The second kappa shape index (κ2) is 6.51. The molecule has 0 fully saturated rings. The van der Waals surface area contributed by atoms with Gasteiger partial charge in [0.1, 0.15) is 23.1 Å². The average molecular weight is 349 g/mol. The smallest absolute Gasteiger partial charge is 0.153 e. The van der Waals surface area contributed by atoms with Crippen molar-refractivity contribution in [3.05, 3.63) is 59.1 Å². The fourth-order valence-corrected chi connectivity index (χ4v) is 4.00. The predicted molar refractivity (Wildman–Crippen MR) is 88.6 cm³/mol. The fourth-order valence-electron chi connectivity index (χ4n) is 2.01. The van der Waals surface area contributed by atoms with E-state index in [0.29, 0.717) is 17.4 Å². The molecule has 0 bridgehead atoms. The van der Waals surface area contributed by atoms with Gasteiger partial charge in [-0.2, -0.15) is 0 Å². The topological polar surface area (TPSA) is 74.1 Å². The van der Waals surface area contributed by atoms with Crippen molar-refractivity contribution in [2.45, 2.75) is 12.4 Å². The number of aromatic nitrogens is 3. The van der Waals surface area contributed by atoms with E-state index in [1.165, 1.54) is 17.6 Å². The Morgan fingerprint density at radius 2 is 2.22 bits per heavy atom. The highest BCUT2D eigenvalue weighted by molar-refractivity contribution is 7.90. The van der Waals surface area contributed by atoms with Gasteiger partial charge in [0, 0.05) is 30.1 Å². The molecule has 0 aliphatic rings. The Morgan fingerprint density at radius 1 is 1.35 bits per heavy atom. The normalized spacial score (nSPS) is 11.5. The average Bonchev–Trinajstić information content (AvgIpc) is 3.15. The van der Waals surface area contributed by atoms with Gasteiger partial charge in [0.2, 0.25) is 0 Å². The Kier molecular flexibility index (Phi) is 4.44. The summed E-state index contributed by atoms with van der Waals surface area (Å²) < 4.78 is 30.2. The van der Waals surface area contributed by atoms with Crippen molar-refractivity contribution in [1.29, 1.82) is 0 Å². The lowest BCUT2D eigenvalue weighted by molar-refractivity contribution is 0.302. The molecule has 0 radical (unpaired) electrons. The molecule has 2 heterocycles. The van der Waals surface area contributed by atoms with E-state index in [1.807, 2.05) is 40.4 Å². The summed E-state index contributed by atoms with van der Waals surface area (Å²) in [6.07, 6.45) is 6.49. The highest BCUT2D eigenvalue weighted by Crippen LogP contribution is 2.19. The Morgan fingerprint density at radius 3 is 2.96 bits per heavy atom. The molecule has 23 heavy (non-hydrogen) atoms. The molecular formula is C15H15N3O3S2. The molecule has 0 N–H and O–H groups in total.